The molecule has 26 heavy (non-hydrogen) atoms. The normalized spacial score (nSPS) is 11.1. The second-order valence-electron chi connectivity index (χ2n) is 5.85. The van der Waals surface area contributed by atoms with Crippen LogP contribution in [0.5, 0.6) is 0 Å². The lowest BCUT2D eigenvalue weighted by molar-refractivity contribution is -0.114. The molecule has 0 unspecified atom stereocenters. The van der Waals surface area contributed by atoms with Gasteiger partial charge >= 0.3 is 0 Å². The van der Waals surface area contributed by atoms with Crippen LogP contribution < -0.4 is 14.5 Å². The zero-order valence-corrected chi connectivity index (χ0v) is 15.3. The van der Waals surface area contributed by atoms with Crippen LogP contribution in [0.2, 0.25) is 0 Å². The minimum absolute atomic E-state index is 0.396. The minimum atomic E-state index is -3.96. The zero-order valence-electron chi connectivity index (χ0n) is 14.5. The van der Waals surface area contributed by atoms with Gasteiger partial charge in [-0.05, 0) is 36.4 Å². The van der Waals surface area contributed by atoms with Crippen molar-refractivity contribution < 1.29 is 22.0 Å². The molecular weight excluding hydrogens is 364 g/mol. The Balaban J connectivity index is 2.19. The van der Waals surface area contributed by atoms with Crippen molar-refractivity contribution in [3.8, 4) is 0 Å². The molecule has 140 valence electrons. The summed E-state index contributed by atoms with van der Waals surface area (Å²) in [7, 11) is -0.216. The topological polar surface area (TPSA) is 69.7 Å². The minimum Gasteiger partial charge on any atom is -0.378 e. The second kappa shape index (κ2) is 7.69. The van der Waals surface area contributed by atoms with Gasteiger partial charge in [0.1, 0.15) is 18.2 Å². The quantitative estimate of drug-likeness (QED) is 0.832. The summed E-state index contributed by atoms with van der Waals surface area (Å²) < 4.78 is 51.5. The molecule has 1 N–H and O–H groups in total. The van der Waals surface area contributed by atoms with Gasteiger partial charge in [0.2, 0.25) is 15.9 Å². The Bertz CT molecular complexity index is 900. The van der Waals surface area contributed by atoms with Gasteiger partial charge in [-0.25, -0.2) is 17.2 Å². The van der Waals surface area contributed by atoms with Crippen molar-refractivity contribution in [2.45, 2.75) is 0 Å². The summed E-state index contributed by atoms with van der Waals surface area (Å²) in [6.45, 7) is -0.642. The summed E-state index contributed by atoms with van der Waals surface area (Å²) in [4.78, 5) is 14.1. The maximum Gasteiger partial charge on any atom is 0.245 e. The number of hydrogen-bond acceptors (Lipinski definition) is 4. The maximum absolute atomic E-state index is 13.9. The van der Waals surface area contributed by atoms with Gasteiger partial charge in [0.25, 0.3) is 0 Å². The van der Waals surface area contributed by atoms with E-state index in [4.69, 9.17) is 0 Å². The van der Waals surface area contributed by atoms with Crippen LogP contribution in [-0.2, 0) is 14.8 Å². The lowest BCUT2D eigenvalue weighted by Gasteiger charge is -2.22. The van der Waals surface area contributed by atoms with E-state index in [1.807, 2.05) is 19.0 Å². The van der Waals surface area contributed by atoms with Crippen molar-refractivity contribution in [1.29, 1.82) is 0 Å². The fraction of sp³-hybridized carbons (Fsp3) is 0.235. The van der Waals surface area contributed by atoms with Crippen LogP contribution in [-0.4, -0.2) is 41.2 Å². The summed E-state index contributed by atoms with van der Waals surface area (Å²) in [5.41, 5.74) is 0.995. The molecule has 0 spiro atoms. The van der Waals surface area contributed by atoms with Crippen molar-refractivity contribution in [1.82, 2.24) is 0 Å². The van der Waals surface area contributed by atoms with Crippen LogP contribution in [0.25, 0.3) is 0 Å². The van der Waals surface area contributed by atoms with Crippen LogP contribution in [0.3, 0.4) is 0 Å². The monoisotopic (exact) mass is 383 g/mol. The molecule has 0 saturated carbocycles. The van der Waals surface area contributed by atoms with Crippen molar-refractivity contribution in [3.63, 3.8) is 0 Å². The average molecular weight is 383 g/mol. The Morgan fingerprint density at radius 2 is 1.69 bits per heavy atom. The number of benzene rings is 2. The number of rotatable bonds is 6. The maximum atomic E-state index is 13.9. The third-order valence-corrected chi connectivity index (χ3v) is 4.66. The third kappa shape index (κ3) is 4.92. The van der Waals surface area contributed by atoms with E-state index in [-0.39, 0.29) is 0 Å². The van der Waals surface area contributed by atoms with Gasteiger partial charge in [-0.3, -0.25) is 9.10 Å². The van der Waals surface area contributed by atoms with Crippen LogP contribution >= 0.6 is 0 Å². The molecule has 0 fully saturated rings. The van der Waals surface area contributed by atoms with Crippen molar-refractivity contribution >= 4 is 33.0 Å². The van der Waals surface area contributed by atoms with Crippen LogP contribution in [0.15, 0.2) is 42.5 Å². The number of amides is 1. The first-order valence-corrected chi connectivity index (χ1v) is 9.43. The highest BCUT2D eigenvalue weighted by Gasteiger charge is 2.24. The first-order valence-electron chi connectivity index (χ1n) is 7.58. The number of anilines is 3. The Hall–Kier alpha value is -2.68. The molecule has 0 heterocycles. The molecule has 2 aromatic carbocycles. The van der Waals surface area contributed by atoms with E-state index in [9.17, 15) is 22.0 Å². The number of carbonyl (C=O) groups excluding carboxylic acids is 1. The van der Waals surface area contributed by atoms with Crippen molar-refractivity contribution in [3.05, 3.63) is 54.1 Å². The molecular formula is C17H19F2N3O3S. The summed E-state index contributed by atoms with van der Waals surface area (Å²) in [6, 6.07) is 9.35. The molecule has 0 saturated heterocycles. The standard InChI is InChI=1S/C17H19F2N3O3S/c1-21(2)14-7-5-13(6-8-14)20-17(23)11-22(26(3,24)25)16-9-4-12(18)10-15(16)19/h4-10H,11H2,1-3H3,(H,20,23). The predicted molar refractivity (Wildman–Crippen MR) is 97.9 cm³/mol. The van der Waals surface area contributed by atoms with Gasteiger partial charge in [0.05, 0.1) is 11.9 Å². The highest BCUT2D eigenvalue weighted by atomic mass is 32.2. The molecule has 6 nitrogen and oxygen atoms in total. The van der Waals surface area contributed by atoms with E-state index < -0.39 is 39.8 Å². The SMILES string of the molecule is CN(C)c1ccc(NC(=O)CN(c2ccc(F)cc2F)S(C)(=O)=O)cc1. The number of carbonyl (C=O) groups is 1. The molecule has 2 aromatic rings. The Labute approximate surface area is 151 Å². The number of sulfonamides is 1. The van der Waals surface area contributed by atoms with Gasteiger partial charge in [-0.1, -0.05) is 0 Å². The summed E-state index contributed by atoms with van der Waals surface area (Å²) in [5.74, 6) is -2.57. The summed E-state index contributed by atoms with van der Waals surface area (Å²) in [6.07, 6.45) is 0.842. The number of nitrogens with one attached hydrogen (secondary N) is 1. The Kier molecular flexibility index (Phi) is 5.81. The van der Waals surface area contributed by atoms with Gasteiger partial charge in [0.15, 0.2) is 0 Å². The lowest BCUT2D eigenvalue weighted by atomic mass is 10.2. The molecule has 0 bridgehead atoms. The smallest absolute Gasteiger partial charge is 0.245 e. The van der Waals surface area contributed by atoms with Gasteiger partial charge in [0, 0.05) is 31.5 Å². The molecule has 0 aliphatic carbocycles. The van der Waals surface area contributed by atoms with Crippen molar-refractivity contribution in [2.75, 3.05) is 41.4 Å². The van der Waals surface area contributed by atoms with E-state index in [0.717, 1.165) is 24.1 Å². The van der Waals surface area contributed by atoms with E-state index in [2.05, 4.69) is 5.32 Å². The fourth-order valence-corrected chi connectivity index (χ4v) is 3.10. The highest BCUT2D eigenvalue weighted by Crippen LogP contribution is 2.23. The highest BCUT2D eigenvalue weighted by molar-refractivity contribution is 7.92. The second-order valence-corrected chi connectivity index (χ2v) is 7.76. The van der Waals surface area contributed by atoms with E-state index in [0.29, 0.717) is 16.1 Å². The molecule has 0 radical (unpaired) electrons. The van der Waals surface area contributed by atoms with Gasteiger partial charge < -0.3 is 10.2 Å². The number of halogens is 2. The molecule has 0 aliphatic rings. The summed E-state index contributed by atoms with van der Waals surface area (Å²) in [5, 5.41) is 2.55. The van der Waals surface area contributed by atoms with E-state index in [1.165, 1.54) is 0 Å². The molecule has 0 aromatic heterocycles. The van der Waals surface area contributed by atoms with Crippen LogP contribution in [0.4, 0.5) is 25.8 Å². The third-order valence-electron chi connectivity index (χ3n) is 3.53. The largest absolute Gasteiger partial charge is 0.378 e. The molecule has 9 heteroatoms. The van der Waals surface area contributed by atoms with Crippen LogP contribution in [0, 0.1) is 11.6 Å². The molecule has 1 amide bonds. The van der Waals surface area contributed by atoms with Gasteiger partial charge in [-0.2, -0.15) is 0 Å². The Morgan fingerprint density at radius 1 is 1.08 bits per heavy atom. The molecule has 0 aliphatic heterocycles. The van der Waals surface area contributed by atoms with E-state index in [1.54, 1.807) is 24.3 Å². The zero-order chi connectivity index (χ0) is 19.5. The van der Waals surface area contributed by atoms with Crippen LogP contribution in [0.1, 0.15) is 0 Å². The number of hydrogen-bond donors (Lipinski definition) is 1. The lowest BCUT2D eigenvalue weighted by Crippen LogP contribution is -2.38. The predicted octanol–water partition coefficient (Wildman–Crippen LogP) is 2.44. The molecule has 0 atom stereocenters. The van der Waals surface area contributed by atoms with E-state index >= 15 is 0 Å². The fourth-order valence-electron chi connectivity index (χ4n) is 2.24. The average Bonchev–Trinajstić information content (AvgIpc) is 2.53. The first kappa shape index (κ1) is 19.6. The first-order chi connectivity index (χ1) is 12.1. The van der Waals surface area contributed by atoms with Crippen molar-refractivity contribution in [2.24, 2.45) is 0 Å². The number of nitrogens with zero attached hydrogens (tertiary/aromatic N) is 2. The summed E-state index contributed by atoms with van der Waals surface area (Å²) >= 11 is 0. The van der Waals surface area contributed by atoms with Gasteiger partial charge in [-0.15, -0.1) is 0 Å². The Morgan fingerprint density at radius 3 is 2.19 bits per heavy atom. The molecule has 2 rings (SSSR count).